The van der Waals surface area contributed by atoms with E-state index in [1.54, 1.807) is 56.0 Å². The number of aromatic nitrogens is 6. The third-order valence-electron chi connectivity index (χ3n) is 5.21. The van der Waals surface area contributed by atoms with Gasteiger partial charge in [0.1, 0.15) is 23.0 Å². The second kappa shape index (κ2) is 9.00. The molecular weight excluding hydrogens is 456 g/mol. The highest BCUT2D eigenvalue weighted by molar-refractivity contribution is 6.31. The lowest BCUT2D eigenvalue weighted by Crippen LogP contribution is -2.22. The lowest BCUT2D eigenvalue weighted by atomic mass is 10.1. The molecule has 0 fully saturated rings. The standard InChI is InChI=1S/C24H25ClN6O3/c1-14-12-27-23(24(3,4)33)28-21(14)18-11-17(6-8-26-18)31-15(2)10-19(20(25)22(31)32)34-13-16-7-9-30(5)29-16/h6-12,33H,13H2,1-5H3. The Morgan fingerprint density at radius 1 is 1.18 bits per heavy atom. The van der Waals surface area contributed by atoms with Gasteiger partial charge >= 0.3 is 0 Å². The molecule has 9 nitrogen and oxygen atoms in total. The first-order chi connectivity index (χ1) is 16.0. The molecule has 0 saturated heterocycles. The van der Waals surface area contributed by atoms with E-state index in [0.717, 1.165) is 11.3 Å². The molecule has 0 aromatic carbocycles. The Morgan fingerprint density at radius 2 is 1.94 bits per heavy atom. The SMILES string of the molecule is Cc1cnc(C(C)(C)O)nc1-c1cc(-n2c(C)cc(OCc3ccn(C)n3)c(Cl)c2=O)ccn1. The van der Waals surface area contributed by atoms with Crippen molar-refractivity contribution in [1.82, 2.24) is 29.3 Å². The van der Waals surface area contributed by atoms with Crippen LogP contribution in [0.1, 0.15) is 36.6 Å². The number of pyridine rings is 2. The number of hydrogen-bond donors (Lipinski definition) is 1. The molecule has 0 amide bonds. The van der Waals surface area contributed by atoms with Crippen molar-refractivity contribution in [2.45, 2.75) is 39.9 Å². The third kappa shape index (κ3) is 4.71. The van der Waals surface area contributed by atoms with Gasteiger partial charge in [0.15, 0.2) is 5.82 Å². The first kappa shape index (κ1) is 23.6. The van der Waals surface area contributed by atoms with E-state index in [1.807, 2.05) is 26.2 Å². The van der Waals surface area contributed by atoms with Gasteiger partial charge in [-0.15, -0.1) is 0 Å². The van der Waals surface area contributed by atoms with Crippen LogP contribution in [0.5, 0.6) is 5.75 Å². The maximum Gasteiger partial charge on any atom is 0.277 e. The zero-order chi connectivity index (χ0) is 24.6. The average Bonchev–Trinajstić information content (AvgIpc) is 3.20. The van der Waals surface area contributed by atoms with Crippen molar-refractivity contribution in [3.63, 3.8) is 0 Å². The van der Waals surface area contributed by atoms with Crippen molar-refractivity contribution in [2.24, 2.45) is 7.05 Å². The third-order valence-corrected chi connectivity index (χ3v) is 5.56. The minimum Gasteiger partial charge on any atom is -0.485 e. The number of aryl methyl sites for hydroxylation is 3. The fraction of sp³-hybridized carbons (Fsp3) is 0.292. The summed E-state index contributed by atoms with van der Waals surface area (Å²) in [4.78, 5) is 26.3. The highest BCUT2D eigenvalue weighted by Crippen LogP contribution is 2.27. The summed E-state index contributed by atoms with van der Waals surface area (Å²) in [6.07, 6.45) is 5.06. The first-order valence-electron chi connectivity index (χ1n) is 10.6. The summed E-state index contributed by atoms with van der Waals surface area (Å²) < 4.78 is 8.94. The number of hydrogen-bond acceptors (Lipinski definition) is 7. The number of aliphatic hydroxyl groups is 1. The summed E-state index contributed by atoms with van der Waals surface area (Å²) in [5.74, 6) is 0.577. The maximum absolute atomic E-state index is 13.2. The molecular formula is C24H25ClN6O3. The van der Waals surface area contributed by atoms with E-state index in [4.69, 9.17) is 16.3 Å². The van der Waals surface area contributed by atoms with Crippen LogP contribution in [0.2, 0.25) is 5.02 Å². The fourth-order valence-corrected chi connectivity index (χ4v) is 3.68. The Kier molecular flexibility index (Phi) is 6.24. The summed E-state index contributed by atoms with van der Waals surface area (Å²) in [6, 6.07) is 7.02. The molecule has 4 rings (SSSR count). The van der Waals surface area contributed by atoms with E-state index in [-0.39, 0.29) is 17.5 Å². The number of ether oxygens (including phenoxy) is 1. The molecule has 0 atom stereocenters. The summed E-state index contributed by atoms with van der Waals surface area (Å²) in [6.45, 7) is 7.09. The molecule has 0 bridgehead atoms. The van der Waals surface area contributed by atoms with Crippen LogP contribution in [0, 0.1) is 13.8 Å². The second-order valence-electron chi connectivity index (χ2n) is 8.56. The molecule has 0 saturated carbocycles. The number of rotatable bonds is 6. The van der Waals surface area contributed by atoms with Gasteiger partial charge in [0.25, 0.3) is 5.56 Å². The number of nitrogens with zero attached hydrogens (tertiary/aromatic N) is 6. The molecule has 4 aromatic heterocycles. The van der Waals surface area contributed by atoms with Crippen LogP contribution in [0.4, 0.5) is 0 Å². The van der Waals surface area contributed by atoms with Crippen molar-refractivity contribution in [3.05, 3.63) is 81.0 Å². The zero-order valence-electron chi connectivity index (χ0n) is 19.6. The molecule has 0 aliphatic carbocycles. The largest absolute Gasteiger partial charge is 0.485 e. The van der Waals surface area contributed by atoms with E-state index in [1.165, 1.54) is 4.57 Å². The van der Waals surface area contributed by atoms with Crippen LogP contribution in [0.25, 0.3) is 17.1 Å². The van der Waals surface area contributed by atoms with E-state index in [0.29, 0.717) is 28.5 Å². The predicted molar refractivity (Wildman–Crippen MR) is 128 cm³/mol. The fourth-order valence-electron chi connectivity index (χ4n) is 3.48. The Labute approximate surface area is 201 Å². The Hall–Kier alpha value is -3.56. The van der Waals surface area contributed by atoms with Crippen molar-refractivity contribution >= 4 is 11.6 Å². The van der Waals surface area contributed by atoms with Crippen LogP contribution >= 0.6 is 11.6 Å². The molecule has 0 aliphatic heterocycles. The second-order valence-corrected chi connectivity index (χ2v) is 8.94. The molecule has 0 radical (unpaired) electrons. The van der Waals surface area contributed by atoms with E-state index < -0.39 is 11.2 Å². The summed E-state index contributed by atoms with van der Waals surface area (Å²) in [5.41, 5.74) is 2.23. The van der Waals surface area contributed by atoms with Gasteiger partial charge in [0.2, 0.25) is 0 Å². The minimum atomic E-state index is -1.20. The molecule has 1 N–H and O–H groups in total. The normalized spacial score (nSPS) is 11.6. The van der Waals surface area contributed by atoms with Crippen molar-refractivity contribution in [2.75, 3.05) is 0 Å². The summed E-state index contributed by atoms with van der Waals surface area (Å²) in [7, 11) is 1.82. The van der Waals surface area contributed by atoms with Gasteiger partial charge < -0.3 is 9.84 Å². The molecule has 10 heteroatoms. The monoisotopic (exact) mass is 480 g/mol. The average molecular weight is 481 g/mol. The Balaban J connectivity index is 1.72. The predicted octanol–water partition coefficient (Wildman–Crippen LogP) is 3.50. The molecule has 0 aliphatic rings. The molecule has 4 aromatic rings. The van der Waals surface area contributed by atoms with Crippen LogP contribution in [0.15, 0.2) is 47.7 Å². The molecule has 4 heterocycles. The van der Waals surface area contributed by atoms with Gasteiger partial charge in [-0.3, -0.25) is 19.0 Å². The van der Waals surface area contributed by atoms with E-state index in [2.05, 4.69) is 20.1 Å². The van der Waals surface area contributed by atoms with Crippen LogP contribution in [0.3, 0.4) is 0 Å². The molecule has 0 unspecified atom stereocenters. The van der Waals surface area contributed by atoms with Gasteiger partial charge in [-0.05, 0) is 51.5 Å². The van der Waals surface area contributed by atoms with Gasteiger partial charge in [0.05, 0.1) is 22.8 Å². The lowest BCUT2D eigenvalue weighted by molar-refractivity contribution is 0.0688. The van der Waals surface area contributed by atoms with Crippen LogP contribution in [-0.2, 0) is 19.3 Å². The van der Waals surface area contributed by atoms with Crippen molar-refractivity contribution < 1.29 is 9.84 Å². The smallest absolute Gasteiger partial charge is 0.277 e. The lowest BCUT2D eigenvalue weighted by Gasteiger charge is -2.17. The Bertz CT molecular complexity index is 1420. The highest BCUT2D eigenvalue weighted by Gasteiger charge is 2.22. The van der Waals surface area contributed by atoms with Gasteiger partial charge in [-0.1, -0.05) is 11.6 Å². The van der Waals surface area contributed by atoms with Crippen LogP contribution < -0.4 is 10.3 Å². The van der Waals surface area contributed by atoms with Gasteiger partial charge in [-0.2, -0.15) is 5.10 Å². The Morgan fingerprint density at radius 3 is 2.62 bits per heavy atom. The first-order valence-corrected chi connectivity index (χ1v) is 11.0. The van der Waals surface area contributed by atoms with Gasteiger partial charge in [0, 0.05) is 37.4 Å². The quantitative estimate of drug-likeness (QED) is 0.450. The molecule has 34 heavy (non-hydrogen) atoms. The van der Waals surface area contributed by atoms with Crippen molar-refractivity contribution in [3.8, 4) is 22.8 Å². The maximum atomic E-state index is 13.2. The highest BCUT2D eigenvalue weighted by atomic mass is 35.5. The molecule has 176 valence electrons. The topological polar surface area (TPSA) is 108 Å². The zero-order valence-corrected chi connectivity index (χ0v) is 20.3. The minimum absolute atomic E-state index is 0.0255. The van der Waals surface area contributed by atoms with Gasteiger partial charge in [-0.25, -0.2) is 9.97 Å². The molecule has 0 spiro atoms. The van der Waals surface area contributed by atoms with Crippen LogP contribution in [-0.4, -0.2) is 34.4 Å². The summed E-state index contributed by atoms with van der Waals surface area (Å²) >= 11 is 6.40. The number of halogens is 1. The van der Waals surface area contributed by atoms with Crippen molar-refractivity contribution in [1.29, 1.82) is 0 Å². The van der Waals surface area contributed by atoms with E-state index in [9.17, 15) is 9.90 Å². The van der Waals surface area contributed by atoms with E-state index >= 15 is 0 Å². The summed E-state index contributed by atoms with van der Waals surface area (Å²) in [5, 5.41) is 14.5.